The maximum atomic E-state index is 12.7. The molecule has 0 aromatic rings. The van der Waals surface area contributed by atoms with Gasteiger partial charge in [0.15, 0.2) is 16.7 Å². The number of rotatable bonds is 7. The third-order valence-electron chi connectivity index (χ3n) is 1.93. The number of hydrogen-bond donors (Lipinski definition) is 0. The second-order valence-electron chi connectivity index (χ2n) is 4.48. The van der Waals surface area contributed by atoms with Crippen molar-refractivity contribution < 1.29 is 45.2 Å². The molecule has 0 unspecified atom stereocenters. The summed E-state index contributed by atoms with van der Waals surface area (Å²) in [6, 6.07) is 0. The zero-order valence-electron chi connectivity index (χ0n) is 11.0. The molecule has 0 aliphatic heterocycles. The van der Waals surface area contributed by atoms with Crippen molar-refractivity contribution in [1.29, 1.82) is 0 Å². The van der Waals surface area contributed by atoms with Crippen molar-refractivity contribution in [2.24, 2.45) is 0 Å². The number of esters is 2. The van der Waals surface area contributed by atoms with Gasteiger partial charge in [-0.25, -0.2) is 13.2 Å². The highest BCUT2D eigenvalue weighted by molar-refractivity contribution is 7.86. The predicted molar refractivity (Wildman–Crippen MR) is 60.6 cm³/mol. The summed E-state index contributed by atoms with van der Waals surface area (Å²) in [5.74, 6) is -4.26. The van der Waals surface area contributed by atoms with E-state index in [1.165, 1.54) is 0 Å². The number of carbonyl (C=O) groups excluding carboxylic acids is 2. The molecular formula is C10H12F3O7S-. The fourth-order valence-corrected chi connectivity index (χ4v) is 1.18. The highest BCUT2D eigenvalue weighted by Gasteiger charge is 2.40. The van der Waals surface area contributed by atoms with Crippen LogP contribution in [0, 0.1) is 0 Å². The van der Waals surface area contributed by atoms with E-state index in [0.29, 0.717) is 0 Å². The van der Waals surface area contributed by atoms with Gasteiger partial charge in [-0.3, -0.25) is 4.79 Å². The number of ether oxygens (including phenoxy) is 2. The highest BCUT2D eigenvalue weighted by Crippen LogP contribution is 2.22. The maximum absolute atomic E-state index is 12.7. The summed E-state index contributed by atoms with van der Waals surface area (Å²) in [4.78, 5) is 22.1. The van der Waals surface area contributed by atoms with Crippen molar-refractivity contribution in [2.75, 3.05) is 6.61 Å². The van der Waals surface area contributed by atoms with Crippen LogP contribution < -0.4 is 0 Å². The topological polar surface area (TPSA) is 110 Å². The molecule has 0 bridgehead atoms. The van der Waals surface area contributed by atoms with Crippen LogP contribution in [0.4, 0.5) is 13.2 Å². The van der Waals surface area contributed by atoms with E-state index in [1.54, 1.807) is 0 Å². The van der Waals surface area contributed by atoms with Gasteiger partial charge >= 0.3 is 17.2 Å². The van der Waals surface area contributed by atoms with Crippen molar-refractivity contribution in [3.05, 3.63) is 12.4 Å². The fourth-order valence-electron chi connectivity index (χ4n) is 0.978. The van der Waals surface area contributed by atoms with E-state index >= 15 is 0 Å². The third-order valence-corrected chi connectivity index (χ3v) is 2.78. The minimum absolute atomic E-state index is 0.777. The monoisotopic (exact) mass is 333 g/mol. The SMILES string of the molecule is C=C(F)C(=O)OC(C)(C)CC(=O)OCC(F)(F)S(=O)(=O)[O-]. The first-order valence-electron chi connectivity index (χ1n) is 5.24. The molecule has 0 rings (SSSR count). The van der Waals surface area contributed by atoms with Gasteiger partial charge < -0.3 is 14.0 Å². The molecule has 122 valence electrons. The molecule has 7 nitrogen and oxygen atoms in total. The first-order valence-corrected chi connectivity index (χ1v) is 6.65. The fraction of sp³-hybridized carbons (Fsp3) is 0.600. The molecule has 0 saturated heterocycles. The van der Waals surface area contributed by atoms with Crippen molar-refractivity contribution in [3.63, 3.8) is 0 Å². The molecule has 0 radical (unpaired) electrons. The first kappa shape index (κ1) is 19.4. The summed E-state index contributed by atoms with van der Waals surface area (Å²) in [7, 11) is -5.98. The van der Waals surface area contributed by atoms with Crippen LogP contribution in [0.25, 0.3) is 0 Å². The van der Waals surface area contributed by atoms with Crippen LogP contribution >= 0.6 is 0 Å². The van der Waals surface area contributed by atoms with Gasteiger partial charge in [0.2, 0.25) is 5.83 Å². The van der Waals surface area contributed by atoms with Gasteiger partial charge in [-0.05, 0) is 13.8 Å². The Bertz CT molecular complexity index is 539. The molecule has 11 heteroatoms. The Labute approximate surface area is 118 Å². The number of hydrogen-bond acceptors (Lipinski definition) is 7. The second kappa shape index (κ2) is 6.43. The van der Waals surface area contributed by atoms with Crippen LogP contribution in [0.15, 0.2) is 12.4 Å². The van der Waals surface area contributed by atoms with Gasteiger partial charge in [-0.1, -0.05) is 6.58 Å². The molecule has 0 N–H and O–H groups in total. The molecular weight excluding hydrogens is 321 g/mol. The van der Waals surface area contributed by atoms with E-state index in [0.717, 1.165) is 13.8 Å². The van der Waals surface area contributed by atoms with Gasteiger partial charge in [-0.2, -0.15) is 13.2 Å². The molecule has 0 atom stereocenters. The number of halogens is 3. The molecule has 0 aromatic heterocycles. The van der Waals surface area contributed by atoms with E-state index in [2.05, 4.69) is 16.1 Å². The van der Waals surface area contributed by atoms with E-state index in [1.807, 2.05) is 0 Å². The maximum Gasteiger partial charge on any atom is 0.367 e. The Kier molecular flexibility index (Phi) is 5.94. The lowest BCUT2D eigenvalue weighted by Gasteiger charge is -2.24. The Hall–Kier alpha value is -1.62. The molecule has 0 heterocycles. The predicted octanol–water partition coefficient (Wildman–Crippen LogP) is 0.863. The van der Waals surface area contributed by atoms with Crippen LogP contribution in [-0.4, -0.2) is 42.4 Å². The second-order valence-corrected chi connectivity index (χ2v) is 5.99. The Balaban J connectivity index is 4.58. The van der Waals surface area contributed by atoms with Crippen molar-refractivity contribution in [2.45, 2.75) is 31.1 Å². The average molecular weight is 333 g/mol. The van der Waals surface area contributed by atoms with E-state index < -0.39 is 51.8 Å². The number of alkyl halides is 2. The molecule has 0 fully saturated rings. The first-order chi connectivity index (χ1) is 9.18. The van der Waals surface area contributed by atoms with Gasteiger partial charge in [0, 0.05) is 0 Å². The summed E-state index contributed by atoms with van der Waals surface area (Å²) in [6.07, 6.45) is -0.777. The molecule has 0 aliphatic carbocycles. The van der Waals surface area contributed by atoms with Crippen LogP contribution in [0.1, 0.15) is 20.3 Å². The molecule has 0 aliphatic rings. The van der Waals surface area contributed by atoms with Crippen molar-refractivity contribution >= 4 is 22.1 Å². The minimum atomic E-state index is -5.98. The quantitative estimate of drug-likeness (QED) is 0.386. The summed E-state index contributed by atoms with van der Waals surface area (Å²) in [5.41, 5.74) is -1.62. The van der Waals surface area contributed by atoms with Crippen LogP contribution in [-0.2, 0) is 29.2 Å². The van der Waals surface area contributed by atoms with Crippen molar-refractivity contribution in [1.82, 2.24) is 0 Å². The van der Waals surface area contributed by atoms with E-state index in [9.17, 15) is 35.7 Å². The van der Waals surface area contributed by atoms with Crippen LogP contribution in [0.2, 0.25) is 0 Å². The smallest absolute Gasteiger partial charge is 0.367 e. The zero-order valence-corrected chi connectivity index (χ0v) is 11.8. The third kappa shape index (κ3) is 6.58. The summed E-state index contributed by atoms with van der Waals surface area (Å²) in [5, 5.41) is -4.78. The summed E-state index contributed by atoms with van der Waals surface area (Å²) < 4.78 is 76.7. The molecule has 0 spiro atoms. The van der Waals surface area contributed by atoms with Crippen LogP contribution in [0.5, 0.6) is 0 Å². The lowest BCUT2D eigenvalue weighted by atomic mass is 10.1. The van der Waals surface area contributed by atoms with Gasteiger partial charge in [0.05, 0.1) is 6.42 Å². The lowest BCUT2D eigenvalue weighted by Crippen LogP contribution is -2.37. The molecule has 0 aromatic carbocycles. The van der Waals surface area contributed by atoms with Crippen LogP contribution in [0.3, 0.4) is 0 Å². The van der Waals surface area contributed by atoms with Gasteiger partial charge in [-0.15, -0.1) is 0 Å². The standard InChI is InChI=1S/C10H13F3O7S/c1-6(11)8(15)20-9(2,3)4-7(14)19-5-10(12,13)21(16,17)18/h1,4-5H2,2-3H3,(H,16,17,18)/p-1. The Morgan fingerprint density at radius 2 is 1.76 bits per heavy atom. The average Bonchev–Trinajstić information content (AvgIpc) is 2.23. The molecule has 0 amide bonds. The summed E-state index contributed by atoms with van der Waals surface area (Å²) >= 11 is 0. The lowest BCUT2D eigenvalue weighted by molar-refractivity contribution is -0.163. The summed E-state index contributed by atoms with van der Waals surface area (Å²) in [6.45, 7) is 2.98. The van der Waals surface area contributed by atoms with Crippen molar-refractivity contribution in [3.8, 4) is 0 Å². The van der Waals surface area contributed by atoms with Gasteiger partial charge in [0.25, 0.3) is 0 Å². The Morgan fingerprint density at radius 1 is 1.29 bits per heavy atom. The van der Waals surface area contributed by atoms with E-state index in [-0.39, 0.29) is 0 Å². The normalized spacial score (nSPS) is 12.7. The highest BCUT2D eigenvalue weighted by atomic mass is 32.2. The Morgan fingerprint density at radius 3 is 2.14 bits per heavy atom. The van der Waals surface area contributed by atoms with E-state index in [4.69, 9.17) is 0 Å². The largest absolute Gasteiger partial charge is 0.743 e. The molecule has 0 saturated carbocycles. The van der Waals surface area contributed by atoms with Gasteiger partial charge in [0.1, 0.15) is 5.60 Å². The minimum Gasteiger partial charge on any atom is -0.743 e. The zero-order chi connectivity index (χ0) is 17.1. The molecule has 21 heavy (non-hydrogen) atoms. The number of carbonyl (C=O) groups is 2.